The zero-order chi connectivity index (χ0) is 14.7. The summed E-state index contributed by atoms with van der Waals surface area (Å²) in [5.74, 6) is -1.72. The van der Waals surface area contributed by atoms with E-state index in [-0.39, 0.29) is 17.5 Å². The molecule has 0 radical (unpaired) electrons. The molecule has 0 aliphatic carbocycles. The van der Waals surface area contributed by atoms with Gasteiger partial charge in [-0.05, 0) is 31.0 Å². The van der Waals surface area contributed by atoms with E-state index in [1.54, 1.807) is 0 Å². The lowest BCUT2D eigenvalue weighted by Gasteiger charge is -2.34. The van der Waals surface area contributed by atoms with E-state index < -0.39 is 11.8 Å². The molecule has 5 nitrogen and oxygen atoms in total. The van der Waals surface area contributed by atoms with Crippen molar-refractivity contribution in [2.45, 2.75) is 25.8 Å². The second-order valence-electron chi connectivity index (χ2n) is 4.93. The Morgan fingerprint density at radius 3 is 2.50 bits per heavy atom. The highest BCUT2D eigenvalue weighted by molar-refractivity contribution is 5.88. The van der Waals surface area contributed by atoms with Gasteiger partial charge in [0.15, 0.2) is 0 Å². The number of carbonyl (C=O) groups excluding carboxylic acids is 1. The number of benzene rings is 1. The Morgan fingerprint density at radius 1 is 1.35 bits per heavy atom. The van der Waals surface area contributed by atoms with Gasteiger partial charge in [-0.25, -0.2) is 9.18 Å². The van der Waals surface area contributed by atoms with Gasteiger partial charge in [0.1, 0.15) is 5.82 Å². The van der Waals surface area contributed by atoms with Crippen LogP contribution in [-0.2, 0) is 4.79 Å². The smallest absolute Gasteiger partial charge is 0.335 e. The highest BCUT2D eigenvalue weighted by atomic mass is 19.1. The number of carboxylic acids is 1. The summed E-state index contributed by atoms with van der Waals surface area (Å²) in [7, 11) is 0. The first kappa shape index (κ1) is 14.3. The lowest BCUT2D eigenvalue weighted by molar-refractivity contribution is -0.119. The lowest BCUT2D eigenvalue weighted by atomic mass is 10.0. The van der Waals surface area contributed by atoms with E-state index in [0.717, 1.165) is 18.9 Å². The molecule has 0 atom stereocenters. The number of nitrogens with one attached hydrogen (secondary N) is 1. The van der Waals surface area contributed by atoms with Crippen LogP contribution in [0.5, 0.6) is 0 Å². The minimum absolute atomic E-state index is 0.0551. The third-order valence-electron chi connectivity index (χ3n) is 3.44. The summed E-state index contributed by atoms with van der Waals surface area (Å²) in [6, 6.07) is 4.07. The minimum Gasteiger partial charge on any atom is -0.478 e. The van der Waals surface area contributed by atoms with Crippen LogP contribution in [0.1, 0.15) is 30.1 Å². The number of anilines is 1. The molecule has 1 saturated heterocycles. The number of hydrogen-bond donors (Lipinski definition) is 2. The molecule has 1 aliphatic heterocycles. The average molecular weight is 280 g/mol. The number of amides is 1. The largest absolute Gasteiger partial charge is 0.478 e. The van der Waals surface area contributed by atoms with Crippen molar-refractivity contribution >= 4 is 17.6 Å². The second-order valence-corrected chi connectivity index (χ2v) is 4.93. The maximum atomic E-state index is 13.9. The first-order valence-electron chi connectivity index (χ1n) is 6.52. The van der Waals surface area contributed by atoms with Crippen molar-refractivity contribution in [1.82, 2.24) is 5.32 Å². The van der Waals surface area contributed by atoms with Crippen molar-refractivity contribution in [3.8, 4) is 0 Å². The summed E-state index contributed by atoms with van der Waals surface area (Å²) in [5.41, 5.74) is 0.357. The van der Waals surface area contributed by atoms with Crippen molar-refractivity contribution in [1.29, 1.82) is 0 Å². The lowest BCUT2D eigenvalue weighted by Crippen LogP contribution is -2.44. The molecule has 0 bridgehead atoms. The van der Waals surface area contributed by atoms with Crippen LogP contribution in [-0.4, -0.2) is 36.1 Å². The van der Waals surface area contributed by atoms with Gasteiger partial charge in [0, 0.05) is 26.1 Å². The average Bonchev–Trinajstić information content (AvgIpc) is 2.39. The van der Waals surface area contributed by atoms with Crippen molar-refractivity contribution in [3.63, 3.8) is 0 Å². The van der Waals surface area contributed by atoms with Crippen LogP contribution in [0, 0.1) is 5.82 Å². The molecule has 2 N–H and O–H groups in total. The van der Waals surface area contributed by atoms with Gasteiger partial charge in [-0.15, -0.1) is 0 Å². The van der Waals surface area contributed by atoms with Gasteiger partial charge in [0.05, 0.1) is 11.3 Å². The Labute approximate surface area is 116 Å². The number of hydrogen-bond acceptors (Lipinski definition) is 3. The maximum absolute atomic E-state index is 13.9. The van der Waals surface area contributed by atoms with E-state index in [9.17, 15) is 14.0 Å². The monoisotopic (exact) mass is 280 g/mol. The standard InChI is InChI=1S/C14H17FN2O3/c1-9(18)16-11-4-6-17(7-5-11)13-3-2-10(14(19)20)8-12(13)15/h2-3,8,11H,4-7H2,1H3,(H,16,18)(H,19,20). The number of rotatable bonds is 3. The van der Waals surface area contributed by atoms with Crippen LogP contribution in [0.15, 0.2) is 18.2 Å². The van der Waals surface area contributed by atoms with E-state index in [1.807, 2.05) is 4.90 Å². The predicted octanol–water partition coefficient (Wildman–Crippen LogP) is 1.63. The summed E-state index contributed by atoms with van der Waals surface area (Å²) in [6.07, 6.45) is 1.50. The van der Waals surface area contributed by atoms with Crippen molar-refractivity contribution in [2.24, 2.45) is 0 Å². The second kappa shape index (κ2) is 5.90. The Bertz CT molecular complexity index is 525. The molecular formula is C14H17FN2O3. The minimum atomic E-state index is -1.14. The quantitative estimate of drug-likeness (QED) is 0.883. The Hall–Kier alpha value is -2.11. The number of halogens is 1. The Balaban J connectivity index is 2.03. The van der Waals surface area contributed by atoms with Crippen LogP contribution in [0.2, 0.25) is 0 Å². The van der Waals surface area contributed by atoms with Crippen LogP contribution < -0.4 is 10.2 Å². The van der Waals surface area contributed by atoms with E-state index in [4.69, 9.17) is 5.11 Å². The van der Waals surface area contributed by atoms with Crippen molar-refractivity contribution in [3.05, 3.63) is 29.6 Å². The van der Waals surface area contributed by atoms with Gasteiger partial charge in [-0.1, -0.05) is 0 Å². The van der Waals surface area contributed by atoms with E-state index >= 15 is 0 Å². The predicted molar refractivity (Wildman–Crippen MR) is 72.4 cm³/mol. The third kappa shape index (κ3) is 3.26. The molecule has 0 aromatic heterocycles. The molecule has 20 heavy (non-hydrogen) atoms. The summed E-state index contributed by atoms with van der Waals surface area (Å²) in [4.78, 5) is 23.6. The van der Waals surface area contributed by atoms with E-state index in [2.05, 4.69) is 5.32 Å². The van der Waals surface area contributed by atoms with E-state index in [0.29, 0.717) is 18.8 Å². The zero-order valence-corrected chi connectivity index (χ0v) is 11.2. The number of piperidine rings is 1. The molecule has 0 unspecified atom stereocenters. The molecular weight excluding hydrogens is 263 g/mol. The van der Waals surface area contributed by atoms with Gasteiger partial charge in [0.2, 0.25) is 5.91 Å². The Morgan fingerprint density at radius 2 is 2.00 bits per heavy atom. The van der Waals surface area contributed by atoms with Crippen molar-refractivity contribution in [2.75, 3.05) is 18.0 Å². The summed E-state index contributed by atoms with van der Waals surface area (Å²) < 4.78 is 13.9. The molecule has 1 aliphatic rings. The molecule has 1 amide bonds. The number of aromatic carboxylic acids is 1. The molecule has 2 rings (SSSR count). The highest BCUT2D eigenvalue weighted by Crippen LogP contribution is 2.24. The summed E-state index contributed by atoms with van der Waals surface area (Å²) in [6.45, 7) is 2.75. The summed E-state index contributed by atoms with van der Waals surface area (Å²) >= 11 is 0. The van der Waals surface area contributed by atoms with Gasteiger partial charge >= 0.3 is 5.97 Å². The number of carbonyl (C=O) groups is 2. The SMILES string of the molecule is CC(=O)NC1CCN(c2ccc(C(=O)O)cc2F)CC1. The normalized spacial score (nSPS) is 16.0. The van der Waals surface area contributed by atoms with Gasteiger partial charge in [-0.3, -0.25) is 4.79 Å². The fourth-order valence-corrected chi connectivity index (χ4v) is 2.45. The molecule has 1 aromatic carbocycles. The zero-order valence-electron chi connectivity index (χ0n) is 11.2. The van der Waals surface area contributed by atoms with E-state index in [1.165, 1.54) is 19.1 Å². The van der Waals surface area contributed by atoms with Crippen LogP contribution in [0.3, 0.4) is 0 Å². The van der Waals surface area contributed by atoms with Gasteiger partial charge < -0.3 is 15.3 Å². The van der Waals surface area contributed by atoms with Crippen LogP contribution in [0.4, 0.5) is 10.1 Å². The first-order valence-corrected chi connectivity index (χ1v) is 6.52. The molecule has 0 spiro atoms. The highest BCUT2D eigenvalue weighted by Gasteiger charge is 2.22. The van der Waals surface area contributed by atoms with Crippen molar-refractivity contribution < 1.29 is 19.1 Å². The molecule has 108 valence electrons. The van der Waals surface area contributed by atoms with Crippen LogP contribution >= 0.6 is 0 Å². The molecule has 0 saturated carbocycles. The molecule has 1 fully saturated rings. The topological polar surface area (TPSA) is 69.6 Å². The summed E-state index contributed by atoms with van der Waals surface area (Å²) in [5, 5.41) is 11.7. The molecule has 1 aromatic rings. The van der Waals surface area contributed by atoms with Gasteiger partial charge in [0.25, 0.3) is 0 Å². The molecule has 1 heterocycles. The number of nitrogens with zero attached hydrogens (tertiary/aromatic N) is 1. The fraction of sp³-hybridized carbons (Fsp3) is 0.429. The number of carboxylic acid groups (broad SMARTS) is 1. The maximum Gasteiger partial charge on any atom is 0.335 e. The molecule has 6 heteroatoms. The fourth-order valence-electron chi connectivity index (χ4n) is 2.45. The Kier molecular flexibility index (Phi) is 4.22. The van der Waals surface area contributed by atoms with Gasteiger partial charge in [-0.2, -0.15) is 0 Å². The first-order chi connectivity index (χ1) is 9.47. The third-order valence-corrected chi connectivity index (χ3v) is 3.44. The van der Waals surface area contributed by atoms with Crippen LogP contribution in [0.25, 0.3) is 0 Å².